The van der Waals surface area contributed by atoms with E-state index in [1.165, 1.54) is 18.4 Å². The van der Waals surface area contributed by atoms with Gasteiger partial charge in [0.1, 0.15) is 5.82 Å². The van der Waals surface area contributed by atoms with E-state index in [1.807, 2.05) is 0 Å². The fourth-order valence-corrected chi connectivity index (χ4v) is 2.29. The predicted molar refractivity (Wildman–Crippen MR) is 91.8 cm³/mol. The lowest BCUT2D eigenvalue weighted by Crippen LogP contribution is -2.16. The van der Waals surface area contributed by atoms with Crippen LogP contribution in [0.1, 0.15) is 50.3 Å². The summed E-state index contributed by atoms with van der Waals surface area (Å²) in [4.78, 5) is 9.29. The maximum atomic E-state index is 4.68. The number of hydrogen-bond acceptors (Lipinski definition) is 4. The van der Waals surface area contributed by atoms with Crippen molar-refractivity contribution in [1.82, 2.24) is 9.97 Å². The van der Waals surface area contributed by atoms with E-state index in [1.54, 1.807) is 0 Å². The molecule has 1 aliphatic carbocycles. The van der Waals surface area contributed by atoms with Crippen LogP contribution < -0.4 is 10.6 Å². The summed E-state index contributed by atoms with van der Waals surface area (Å²) in [5, 5.41) is 6.78. The molecule has 1 aliphatic rings. The first-order valence-electron chi connectivity index (χ1n) is 8.13. The smallest absolute Gasteiger partial charge is 0.225 e. The highest BCUT2D eigenvalue weighted by Gasteiger charge is 2.26. The molecule has 1 heterocycles. The van der Waals surface area contributed by atoms with Gasteiger partial charge in [0.2, 0.25) is 5.95 Å². The summed E-state index contributed by atoms with van der Waals surface area (Å²) >= 11 is 0. The number of rotatable bonds is 6. The molecule has 1 saturated carbocycles. The van der Waals surface area contributed by atoms with Crippen LogP contribution in [0.3, 0.4) is 0 Å². The molecule has 1 fully saturated rings. The van der Waals surface area contributed by atoms with Gasteiger partial charge in [0, 0.05) is 23.7 Å². The zero-order chi connectivity index (χ0) is 15.5. The van der Waals surface area contributed by atoms with E-state index in [4.69, 9.17) is 0 Å². The van der Waals surface area contributed by atoms with Gasteiger partial charge in [-0.2, -0.15) is 4.98 Å². The number of hydrogen-bond donors (Lipinski definition) is 2. The summed E-state index contributed by atoms with van der Waals surface area (Å²) in [6.45, 7) is 6.40. The molecule has 1 aromatic carbocycles. The van der Waals surface area contributed by atoms with Crippen LogP contribution in [0.25, 0.3) is 0 Å². The van der Waals surface area contributed by atoms with Gasteiger partial charge in [-0.1, -0.05) is 24.6 Å². The maximum Gasteiger partial charge on any atom is 0.225 e. The van der Waals surface area contributed by atoms with Gasteiger partial charge in [0.05, 0.1) is 5.69 Å². The second-order valence-corrected chi connectivity index (χ2v) is 6.22. The van der Waals surface area contributed by atoms with Crippen molar-refractivity contribution >= 4 is 17.5 Å². The topological polar surface area (TPSA) is 49.8 Å². The lowest BCUT2D eigenvalue weighted by Gasteiger charge is -2.14. The third-order valence-corrected chi connectivity index (χ3v) is 4.05. The fraction of sp³-hybridized carbons (Fsp3) is 0.444. The SMILES string of the molecule is CC[C@H](C)Nc1nc(Nc2ccc(C)cc2)cc(C2CC2)n1. The molecule has 3 rings (SSSR count). The number of aromatic nitrogens is 2. The molecule has 0 bridgehead atoms. The molecule has 0 radical (unpaired) electrons. The van der Waals surface area contributed by atoms with Gasteiger partial charge in [-0.3, -0.25) is 0 Å². The number of nitrogens with zero attached hydrogens (tertiary/aromatic N) is 2. The maximum absolute atomic E-state index is 4.68. The third kappa shape index (κ3) is 3.75. The van der Waals surface area contributed by atoms with Crippen molar-refractivity contribution in [2.24, 2.45) is 0 Å². The van der Waals surface area contributed by atoms with Crippen molar-refractivity contribution in [2.75, 3.05) is 10.6 Å². The molecule has 4 heteroatoms. The Labute approximate surface area is 132 Å². The highest BCUT2D eigenvalue weighted by Crippen LogP contribution is 2.40. The van der Waals surface area contributed by atoms with Crippen LogP contribution in [0.4, 0.5) is 17.5 Å². The van der Waals surface area contributed by atoms with Gasteiger partial charge >= 0.3 is 0 Å². The zero-order valence-electron chi connectivity index (χ0n) is 13.6. The Bertz CT molecular complexity index is 632. The number of aryl methyl sites for hydroxylation is 1. The van der Waals surface area contributed by atoms with Crippen molar-refractivity contribution in [3.8, 4) is 0 Å². The Balaban J connectivity index is 1.83. The molecule has 0 saturated heterocycles. The standard InChI is InChI=1S/C18H24N4/c1-4-13(3)19-18-21-16(14-7-8-14)11-17(22-18)20-15-9-5-12(2)6-10-15/h5-6,9-11,13-14H,4,7-8H2,1-3H3,(H2,19,20,21,22)/t13-/m0/s1. The van der Waals surface area contributed by atoms with Crippen molar-refractivity contribution in [3.05, 3.63) is 41.6 Å². The van der Waals surface area contributed by atoms with Crippen LogP contribution in [0.2, 0.25) is 0 Å². The van der Waals surface area contributed by atoms with Crippen LogP contribution >= 0.6 is 0 Å². The van der Waals surface area contributed by atoms with Gasteiger partial charge in [-0.05, 0) is 45.2 Å². The normalized spacial score (nSPS) is 15.4. The quantitative estimate of drug-likeness (QED) is 0.817. The molecular weight excluding hydrogens is 272 g/mol. The molecular formula is C18H24N4. The molecule has 4 nitrogen and oxygen atoms in total. The lowest BCUT2D eigenvalue weighted by atomic mass is 10.2. The van der Waals surface area contributed by atoms with Crippen molar-refractivity contribution in [3.63, 3.8) is 0 Å². The van der Waals surface area contributed by atoms with E-state index in [9.17, 15) is 0 Å². The fourth-order valence-electron chi connectivity index (χ4n) is 2.29. The monoisotopic (exact) mass is 296 g/mol. The molecule has 1 aromatic heterocycles. The summed E-state index contributed by atoms with van der Waals surface area (Å²) < 4.78 is 0. The molecule has 1 atom stereocenters. The first-order valence-corrected chi connectivity index (χ1v) is 8.13. The second-order valence-electron chi connectivity index (χ2n) is 6.22. The van der Waals surface area contributed by atoms with Crippen LogP contribution in [-0.4, -0.2) is 16.0 Å². The van der Waals surface area contributed by atoms with E-state index >= 15 is 0 Å². The molecule has 2 N–H and O–H groups in total. The average molecular weight is 296 g/mol. The molecule has 0 spiro atoms. The summed E-state index contributed by atoms with van der Waals surface area (Å²) in [5.41, 5.74) is 3.46. The average Bonchev–Trinajstić information content (AvgIpc) is 3.34. The van der Waals surface area contributed by atoms with E-state index in [0.717, 1.165) is 29.6 Å². The lowest BCUT2D eigenvalue weighted by molar-refractivity contribution is 0.750. The molecule has 22 heavy (non-hydrogen) atoms. The second kappa shape index (κ2) is 6.34. The van der Waals surface area contributed by atoms with E-state index in [2.05, 4.69) is 71.7 Å². The summed E-state index contributed by atoms with van der Waals surface area (Å²) in [5.74, 6) is 2.21. The van der Waals surface area contributed by atoms with Crippen molar-refractivity contribution in [1.29, 1.82) is 0 Å². The van der Waals surface area contributed by atoms with E-state index < -0.39 is 0 Å². The number of benzene rings is 1. The van der Waals surface area contributed by atoms with Crippen molar-refractivity contribution < 1.29 is 0 Å². The Kier molecular flexibility index (Phi) is 4.27. The van der Waals surface area contributed by atoms with Gasteiger partial charge in [0.25, 0.3) is 0 Å². The molecule has 0 unspecified atom stereocenters. The third-order valence-electron chi connectivity index (χ3n) is 4.05. The Morgan fingerprint density at radius 2 is 1.91 bits per heavy atom. The minimum Gasteiger partial charge on any atom is -0.352 e. The predicted octanol–water partition coefficient (Wildman–Crippen LogP) is 4.62. The number of anilines is 3. The van der Waals surface area contributed by atoms with Crippen LogP contribution in [-0.2, 0) is 0 Å². The zero-order valence-corrected chi connectivity index (χ0v) is 13.6. The largest absolute Gasteiger partial charge is 0.352 e. The van der Waals surface area contributed by atoms with Gasteiger partial charge in [0.15, 0.2) is 0 Å². The molecule has 0 aliphatic heterocycles. The van der Waals surface area contributed by atoms with Gasteiger partial charge in [-0.15, -0.1) is 0 Å². The van der Waals surface area contributed by atoms with Crippen molar-refractivity contribution in [2.45, 2.75) is 52.0 Å². The van der Waals surface area contributed by atoms with Crippen LogP contribution in [0, 0.1) is 6.92 Å². The molecule has 0 amide bonds. The first kappa shape index (κ1) is 14.8. The molecule has 2 aromatic rings. The summed E-state index contributed by atoms with van der Waals surface area (Å²) in [6.07, 6.45) is 3.53. The highest BCUT2D eigenvalue weighted by atomic mass is 15.2. The highest BCUT2D eigenvalue weighted by molar-refractivity contribution is 5.58. The minimum absolute atomic E-state index is 0.377. The summed E-state index contributed by atoms with van der Waals surface area (Å²) in [6, 6.07) is 10.8. The van der Waals surface area contributed by atoms with Gasteiger partial charge in [-0.25, -0.2) is 4.98 Å². The Morgan fingerprint density at radius 1 is 1.18 bits per heavy atom. The van der Waals surface area contributed by atoms with Crippen LogP contribution in [0.5, 0.6) is 0 Å². The first-order chi connectivity index (χ1) is 10.6. The van der Waals surface area contributed by atoms with Gasteiger partial charge < -0.3 is 10.6 Å². The number of nitrogens with one attached hydrogen (secondary N) is 2. The van der Waals surface area contributed by atoms with E-state index in [-0.39, 0.29) is 0 Å². The molecule has 116 valence electrons. The van der Waals surface area contributed by atoms with Crippen LogP contribution in [0.15, 0.2) is 30.3 Å². The summed E-state index contributed by atoms with van der Waals surface area (Å²) in [7, 11) is 0. The minimum atomic E-state index is 0.377. The van der Waals surface area contributed by atoms with E-state index in [0.29, 0.717) is 12.0 Å². The Morgan fingerprint density at radius 3 is 2.55 bits per heavy atom. The Hall–Kier alpha value is -2.10.